The van der Waals surface area contributed by atoms with Crippen LogP contribution in [0.1, 0.15) is 70.6 Å². The second kappa shape index (κ2) is 6.82. The Bertz CT molecular complexity index is 551. The monoisotopic (exact) mass is 314 g/mol. The average molecular weight is 314 g/mol. The largest absolute Gasteiger partial charge is 0.490 e. The van der Waals surface area contributed by atoms with Crippen LogP contribution in [-0.2, 0) is 9.31 Å². The molecule has 3 heteroatoms. The summed E-state index contributed by atoms with van der Waals surface area (Å²) in [7, 11) is -0.245. The summed E-state index contributed by atoms with van der Waals surface area (Å²) in [5.74, 6) is 0. The van der Waals surface area contributed by atoms with Gasteiger partial charge in [-0.1, -0.05) is 44.0 Å². The first-order valence-electron chi connectivity index (χ1n) is 8.80. The van der Waals surface area contributed by atoms with E-state index in [1.165, 1.54) is 28.6 Å². The molecule has 2 nitrogen and oxygen atoms in total. The summed E-state index contributed by atoms with van der Waals surface area (Å²) in [4.78, 5) is 0. The molecule has 1 aliphatic heterocycles. The molecule has 1 saturated heterocycles. The molecule has 1 heterocycles. The van der Waals surface area contributed by atoms with E-state index in [2.05, 4.69) is 72.7 Å². The lowest BCUT2D eigenvalue weighted by Gasteiger charge is -2.32. The zero-order valence-corrected chi connectivity index (χ0v) is 15.8. The fourth-order valence-electron chi connectivity index (χ4n) is 2.87. The molecule has 0 saturated carbocycles. The molecule has 0 amide bonds. The molecule has 0 N–H and O–H groups in total. The Morgan fingerprint density at radius 2 is 1.57 bits per heavy atom. The van der Waals surface area contributed by atoms with Crippen LogP contribution in [-0.4, -0.2) is 18.3 Å². The summed E-state index contributed by atoms with van der Waals surface area (Å²) in [5.41, 5.74) is 4.58. The Morgan fingerprint density at radius 3 is 2.04 bits per heavy atom. The number of aryl methyl sites for hydroxylation is 2. The molecule has 1 aliphatic rings. The maximum absolute atomic E-state index is 6.28. The van der Waals surface area contributed by atoms with Crippen molar-refractivity contribution in [2.45, 2.75) is 78.9 Å². The predicted octanol–water partition coefficient (Wildman–Crippen LogP) is 5.51. The van der Waals surface area contributed by atoms with Gasteiger partial charge < -0.3 is 9.31 Å². The maximum Gasteiger partial charge on any atom is 0.490 e. The minimum Gasteiger partial charge on any atom is -0.400 e. The zero-order valence-electron chi connectivity index (χ0n) is 15.8. The molecule has 0 unspecified atom stereocenters. The van der Waals surface area contributed by atoms with E-state index >= 15 is 0 Å². The number of allylic oxidation sites excluding steroid dienone is 1. The third kappa shape index (κ3) is 3.89. The third-order valence-corrected chi connectivity index (χ3v) is 5.25. The fourth-order valence-corrected chi connectivity index (χ4v) is 2.87. The predicted molar refractivity (Wildman–Crippen MR) is 99.5 cm³/mol. The molecular formula is C20H31BO2. The highest BCUT2D eigenvalue weighted by Crippen LogP contribution is 2.39. The van der Waals surface area contributed by atoms with Crippen molar-refractivity contribution in [1.82, 2.24) is 0 Å². The highest BCUT2D eigenvalue weighted by molar-refractivity contribution is 6.55. The van der Waals surface area contributed by atoms with E-state index in [0.29, 0.717) is 0 Å². The highest BCUT2D eigenvalue weighted by Gasteiger charge is 2.52. The molecule has 0 atom stereocenters. The molecule has 0 aliphatic carbocycles. The number of hydrogen-bond acceptors (Lipinski definition) is 2. The van der Waals surface area contributed by atoms with Gasteiger partial charge in [0, 0.05) is 0 Å². The first kappa shape index (κ1) is 18.3. The third-order valence-electron chi connectivity index (χ3n) is 5.25. The van der Waals surface area contributed by atoms with Crippen molar-refractivity contribution in [2.24, 2.45) is 0 Å². The van der Waals surface area contributed by atoms with Gasteiger partial charge in [-0.05, 0) is 70.1 Å². The van der Waals surface area contributed by atoms with Crippen LogP contribution in [0.4, 0.5) is 0 Å². The minimum atomic E-state index is -0.288. The Labute approximate surface area is 142 Å². The Hall–Kier alpha value is -1.06. The van der Waals surface area contributed by atoms with Gasteiger partial charge in [0.25, 0.3) is 0 Å². The summed E-state index contributed by atoms with van der Waals surface area (Å²) in [5, 5.41) is 0. The Kier molecular flexibility index (Phi) is 5.42. The molecule has 0 aromatic heterocycles. The molecule has 1 aromatic carbocycles. The molecule has 126 valence electrons. The smallest absolute Gasteiger partial charge is 0.400 e. The van der Waals surface area contributed by atoms with Gasteiger partial charge in [-0.15, -0.1) is 0 Å². The number of rotatable bonds is 5. The van der Waals surface area contributed by atoms with Crippen molar-refractivity contribution in [2.75, 3.05) is 0 Å². The summed E-state index contributed by atoms with van der Waals surface area (Å²) in [6.45, 7) is 15.0. The van der Waals surface area contributed by atoms with Crippen LogP contribution >= 0.6 is 0 Å². The van der Waals surface area contributed by atoms with Crippen molar-refractivity contribution in [1.29, 1.82) is 0 Å². The van der Waals surface area contributed by atoms with E-state index in [1.54, 1.807) is 0 Å². The van der Waals surface area contributed by atoms with Gasteiger partial charge in [-0.25, -0.2) is 0 Å². The van der Waals surface area contributed by atoms with Crippen molar-refractivity contribution < 1.29 is 9.31 Å². The second-order valence-electron chi connectivity index (χ2n) is 7.72. The van der Waals surface area contributed by atoms with Crippen LogP contribution in [0.25, 0.3) is 6.08 Å². The molecule has 0 radical (unpaired) electrons. The van der Waals surface area contributed by atoms with Crippen molar-refractivity contribution in [3.63, 3.8) is 0 Å². The van der Waals surface area contributed by atoms with Crippen LogP contribution in [0, 0.1) is 13.8 Å². The Balaban J connectivity index is 2.37. The minimum absolute atomic E-state index is 0.245. The first-order chi connectivity index (χ1) is 10.7. The number of benzene rings is 1. The van der Waals surface area contributed by atoms with Crippen LogP contribution in [0.5, 0.6) is 0 Å². The van der Waals surface area contributed by atoms with E-state index in [4.69, 9.17) is 9.31 Å². The summed E-state index contributed by atoms with van der Waals surface area (Å²) >= 11 is 0. The van der Waals surface area contributed by atoms with Crippen LogP contribution < -0.4 is 0 Å². The van der Waals surface area contributed by atoms with E-state index in [0.717, 1.165) is 12.8 Å². The van der Waals surface area contributed by atoms with Crippen molar-refractivity contribution >= 4 is 13.2 Å². The normalized spacial score (nSPS) is 20.1. The molecule has 0 spiro atoms. The second-order valence-corrected chi connectivity index (χ2v) is 7.72. The summed E-state index contributed by atoms with van der Waals surface area (Å²) in [6.07, 6.45) is 5.63. The lowest BCUT2D eigenvalue weighted by Crippen LogP contribution is -2.41. The molecule has 23 heavy (non-hydrogen) atoms. The lowest BCUT2D eigenvalue weighted by atomic mass is 9.74. The van der Waals surface area contributed by atoms with Gasteiger partial charge in [0.1, 0.15) is 0 Å². The molecule has 2 rings (SSSR count). The van der Waals surface area contributed by atoms with E-state index in [9.17, 15) is 0 Å². The molecule has 0 bridgehead atoms. The van der Waals surface area contributed by atoms with Gasteiger partial charge >= 0.3 is 7.12 Å². The Morgan fingerprint density at radius 1 is 1.04 bits per heavy atom. The van der Waals surface area contributed by atoms with Gasteiger partial charge in [-0.2, -0.15) is 0 Å². The lowest BCUT2D eigenvalue weighted by molar-refractivity contribution is 0.00578. The van der Waals surface area contributed by atoms with Gasteiger partial charge in [0.2, 0.25) is 0 Å². The molecule has 1 fully saturated rings. The highest BCUT2D eigenvalue weighted by atomic mass is 16.7. The van der Waals surface area contributed by atoms with Crippen molar-refractivity contribution in [3.8, 4) is 0 Å². The van der Waals surface area contributed by atoms with Crippen LogP contribution in [0.2, 0.25) is 0 Å². The summed E-state index contributed by atoms with van der Waals surface area (Å²) in [6, 6.07) is 6.45. The molecule has 1 aromatic rings. The van der Waals surface area contributed by atoms with Gasteiger partial charge in [0.05, 0.1) is 11.2 Å². The van der Waals surface area contributed by atoms with E-state index in [1.807, 2.05) is 0 Å². The number of hydrogen-bond donors (Lipinski definition) is 0. The molecular weight excluding hydrogens is 283 g/mol. The van der Waals surface area contributed by atoms with Crippen LogP contribution in [0.3, 0.4) is 0 Å². The average Bonchev–Trinajstić information content (AvgIpc) is 2.66. The van der Waals surface area contributed by atoms with E-state index < -0.39 is 0 Å². The standard InChI is InChI=1S/C20H31BO2/c1-8-9-13-17(14-18-15(2)11-10-12-16(18)3)21-22-19(4,5)20(6,7)23-21/h10-12,14H,8-9,13H2,1-7H3/b17-14-. The first-order valence-corrected chi connectivity index (χ1v) is 8.80. The van der Waals surface area contributed by atoms with Crippen LogP contribution in [0.15, 0.2) is 23.7 Å². The number of unbranched alkanes of at least 4 members (excludes halogenated alkanes) is 1. The quantitative estimate of drug-likeness (QED) is 0.667. The summed E-state index contributed by atoms with van der Waals surface area (Å²) < 4.78 is 12.6. The maximum atomic E-state index is 6.28. The van der Waals surface area contributed by atoms with Gasteiger partial charge in [-0.3, -0.25) is 0 Å². The van der Waals surface area contributed by atoms with Crippen molar-refractivity contribution in [3.05, 3.63) is 40.4 Å². The fraction of sp³-hybridized carbons (Fsp3) is 0.600. The zero-order chi connectivity index (χ0) is 17.3. The SMILES string of the molecule is CCCC/C(=C/c1c(C)cccc1C)B1OC(C)(C)C(C)(C)O1. The topological polar surface area (TPSA) is 18.5 Å². The van der Waals surface area contributed by atoms with E-state index in [-0.39, 0.29) is 18.3 Å². The van der Waals surface area contributed by atoms with Gasteiger partial charge in [0.15, 0.2) is 0 Å².